The van der Waals surface area contributed by atoms with Crippen molar-refractivity contribution in [3.8, 4) is 5.69 Å². The first kappa shape index (κ1) is 20.4. The van der Waals surface area contributed by atoms with Gasteiger partial charge in [0.25, 0.3) is 11.5 Å². The molecule has 1 amide bonds. The highest BCUT2D eigenvalue weighted by Crippen LogP contribution is 2.21. The number of carbonyl (C=O) groups is 1. The van der Waals surface area contributed by atoms with Gasteiger partial charge < -0.3 is 11.1 Å². The summed E-state index contributed by atoms with van der Waals surface area (Å²) in [5.74, 6) is 0.0218. The molecule has 2 aromatic carbocycles. The standard InChI is InChI=1S/C24H21N7O2/c1-14-8-6-11-17-18(14)24(33)31(16-9-4-3-5-10-16)21(28-17)15(2)27-23(32)19-20(25)29-30-13-7-12-26-22(19)30/h3-13,15H,1-2H3,(H2,25,29)(H,27,32)/t15-/m0/s1. The topological polar surface area (TPSA) is 120 Å². The highest BCUT2D eigenvalue weighted by Gasteiger charge is 2.24. The normalized spacial score (nSPS) is 12.2. The number of nitrogen functional groups attached to an aromatic ring is 1. The molecule has 0 radical (unpaired) electrons. The molecule has 0 saturated heterocycles. The zero-order valence-electron chi connectivity index (χ0n) is 18.1. The van der Waals surface area contributed by atoms with Crippen LogP contribution in [0.4, 0.5) is 5.82 Å². The fourth-order valence-electron chi connectivity index (χ4n) is 3.99. The molecule has 0 unspecified atom stereocenters. The number of nitrogens with zero attached hydrogens (tertiary/aromatic N) is 5. The van der Waals surface area contributed by atoms with Crippen LogP contribution in [-0.2, 0) is 0 Å². The van der Waals surface area contributed by atoms with E-state index >= 15 is 0 Å². The number of nitrogens with two attached hydrogens (primary N) is 1. The van der Waals surface area contributed by atoms with Crippen molar-refractivity contribution in [1.29, 1.82) is 0 Å². The predicted octanol–water partition coefficient (Wildman–Crippen LogP) is 2.81. The third-order valence-electron chi connectivity index (χ3n) is 5.53. The minimum absolute atomic E-state index is 0.0703. The minimum atomic E-state index is -0.617. The molecule has 0 aliphatic carbocycles. The summed E-state index contributed by atoms with van der Waals surface area (Å²) in [5.41, 5.74) is 8.39. The summed E-state index contributed by atoms with van der Waals surface area (Å²) in [7, 11) is 0. The zero-order chi connectivity index (χ0) is 23.1. The number of fused-ring (bicyclic) bond motifs is 2. The van der Waals surface area contributed by atoms with E-state index < -0.39 is 11.9 Å². The highest BCUT2D eigenvalue weighted by molar-refractivity contribution is 6.04. The van der Waals surface area contributed by atoms with E-state index in [4.69, 9.17) is 10.7 Å². The average molecular weight is 439 g/mol. The van der Waals surface area contributed by atoms with Gasteiger partial charge in [-0.05, 0) is 43.7 Å². The van der Waals surface area contributed by atoms with Crippen LogP contribution in [0.15, 0.2) is 71.8 Å². The number of rotatable bonds is 4. The molecule has 33 heavy (non-hydrogen) atoms. The lowest BCUT2D eigenvalue weighted by atomic mass is 10.1. The summed E-state index contributed by atoms with van der Waals surface area (Å²) in [4.78, 5) is 35.8. The number of amides is 1. The second-order valence-corrected chi connectivity index (χ2v) is 7.76. The number of nitrogens with one attached hydrogen (secondary N) is 1. The van der Waals surface area contributed by atoms with Gasteiger partial charge >= 0.3 is 0 Å². The van der Waals surface area contributed by atoms with E-state index in [1.54, 1.807) is 31.5 Å². The van der Waals surface area contributed by atoms with Gasteiger partial charge in [-0.2, -0.15) is 0 Å². The Balaban J connectivity index is 1.64. The van der Waals surface area contributed by atoms with E-state index in [1.165, 1.54) is 9.08 Å². The van der Waals surface area contributed by atoms with Gasteiger partial charge in [0.15, 0.2) is 11.5 Å². The third-order valence-corrected chi connectivity index (χ3v) is 5.53. The Morgan fingerprint density at radius 1 is 1.09 bits per heavy atom. The van der Waals surface area contributed by atoms with Crippen LogP contribution in [0.2, 0.25) is 0 Å². The number of para-hydroxylation sites is 1. The monoisotopic (exact) mass is 439 g/mol. The molecular weight excluding hydrogens is 418 g/mol. The molecule has 0 aliphatic heterocycles. The smallest absolute Gasteiger partial charge is 0.266 e. The minimum Gasteiger partial charge on any atom is -0.381 e. The first-order chi connectivity index (χ1) is 16.0. The third kappa shape index (κ3) is 3.39. The molecule has 9 heteroatoms. The van der Waals surface area contributed by atoms with Gasteiger partial charge in [0.05, 0.1) is 22.6 Å². The number of aromatic nitrogens is 5. The lowest BCUT2D eigenvalue weighted by Crippen LogP contribution is -2.33. The van der Waals surface area contributed by atoms with Crippen molar-refractivity contribution >= 4 is 28.3 Å². The quantitative estimate of drug-likeness (QED) is 0.444. The highest BCUT2D eigenvalue weighted by atomic mass is 16.2. The van der Waals surface area contributed by atoms with Gasteiger partial charge in [-0.3, -0.25) is 14.2 Å². The van der Waals surface area contributed by atoms with Crippen molar-refractivity contribution in [2.45, 2.75) is 19.9 Å². The van der Waals surface area contributed by atoms with Crippen LogP contribution in [0.1, 0.15) is 34.7 Å². The Kier molecular flexibility index (Phi) is 4.86. The first-order valence-corrected chi connectivity index (χ1v) is 10.4. The molecule has 5 aromatic rings. The second kappa shape index (κ2) is 7.86. The van der Waals surface area contributed by atoms with Gasteiger partial charge in [-0.15, -0.1) is 5.10 Å². The van der Waals surface area contributed by atoms with E-state index in [0.29, 0.717) is 28.1 Å². The number of benzene rings is 2. The molecule has 5 rings (SSSR count). The fraction of sp³-hybridized carbons (Fsp3) is 0.125. The average Bonchev–Trinajstić information content (AvgIpc) is 3.15. The van der Waals surface area contributed by atoms with Crippen LogP contribution < -0.4 is 16.6 Å². The van der Waals surface area contributed by atoms with Gasteiger partial charge in [0, 0.05) is 12.4 Å². The maximum Gasteiger partial charge on any atom is 0.266 e. The molecule has 9 nitrogen and oxygen atoms in total. The molecule has 0 aliphatic rings. The molecule has 1 atom stereocenters. The van der Waals surface area contributed by atoms with Crippen molar-refractivity contribution in [1.82, 2.24) is 29.5 Å². The largest absolute Gasteiger partial charge is 0.381 e. The molecule has 3 heterocycles. The maximum atomic E-state index is 13.6. The Labute approximate surface area is 188 Å². The van der Waals surface area contributed by atoms with Crippen molar-refractivity contribution < 1.29 is 4.79 Å². The SMILES string of the molecule is Cc1cccc2nc([C@H](C)NC(=O)c3c(N)nn4cccnc34)n(-c3ccccc3)c(=O)c12. The summed E-state index contributed by atoms with van der Waals surface area (Å²) < 4.78 is 2.99. The summed E-state index contributed by atoms with van der Waals surface area (Å²) in [6, 6.07) is 15.9. The summed E-state index contributed by atoms with van der Waals surface area (Å²) in [5, 5.41) is 7.60. The first-order valence-electron chi connectivity index (χ1n) is 10.4. The number of carbonyl (C=O) groups excluding carboxylic acids is 1. The lowest BCUT2D eigenvalue weighted by Gasteiger charge is -2.20. The van der Waals surface area contributed by atoms with E-state index in [1.807, 2.05) is 49.4 Å². The van der Waals surface area contributed by atoms with E-state index in [-0.39, 0.29) is 16.9 Å². The number of aryl methyl sites for hydroxylation is 1. The van der Waals surface area contributed by atoms with Crippen LogP contribution in [0.3, 0.4) is 0 Å². The van der Waals surface area contributed by atoms with Gasteiger partial charge in [0.2, 0.25) is 0 Å². The summed E-state index contributed by atoms with van der Waals surface area (Å²) in [6.07, 6.45) is 3.23. The molecule has 3 N–H and O–H groups in total. The molecule has 0 fully saturated rings. The molecule has 3 aromatic heterocycles. The van der Waals surface area contributed by atoms with Crippen molar-refractivity contribution in [3.05, 3.63) is 94.3 Å². The second-order valence-electron chi connectivity index (χ2n) is 7.76. The number of anilines is 1. The Bertz CT molecular complexity index is 1570. The lowest BCUT2D eigenvalue weighted by molar-refractivity contribution is 0.0940. The predicted molar refractivity (Wildman–Crippen MR) is 125 cm³/mol. The van der Waals surface area contributed by atoms with Crippen molar-refractivity contribution in [2.24, 2.45) is 0 Å². The van der Waals surface area contributed by atoms with E-state index in [9.17, 15) is 9.59 Å². The Hall–Kier alpha value is -4.53. The van der Waals surface area contributed by atoms with Crippen LogP contribution >= 0.6 is 0 Å². The van der Waals surface area contributed by atoms with Crippen LogP contribution in [0, 0.1) is 6.92 Å². The number of hydrogen-bond acceptors (Lipinski definition) is 6. The van der Waals surface area contributed by atoms with Crippen molar-refractivity contribution in [2.75, 3.05) is 5.73 Å². The van der Waals surface area contributed by atoms with Crippen molar-refractivity contribution in [3.63, 3.8) is 0 Å². The van der Waals surface area contributed by atoms with Gasteiger partial charge in [-0.1, -0.05) is 30.3 Å². The maximum absolute atomic E-state index is 13.6. The van der Waals surface area contributed by atoms with Gasteiger partial charge in [0.1, 0.15) is 11.4 Å². The van der Waals surface area contributed by atoms with Crippen LogP contribution in [0.5, 0.6) is 0 Å². The van der Waals surface area contributed by atoms with Crippen LogP contribution in [-0.4, -0.2) is 30.1 Å². The van der Waals surface area contributed by atoms with Gasteiger partial charge in [-0.25, -0.2) is 14.5 Å². The molecule has 0 saturated carbocycles. The molecular formula is C24H21N7O2. The number of hydrogen-bond donors (Lipinski definition) is 2. The van der Waals surface area contributed by atoms with Crippen LogP contribution in [0.25, 0.3) is 22.2 Å². The zero-order valence-corrected chi connectivity index (χ0v) is 18.1. The Morgan fingerprint density at radius 3 is 2.67 bits per heavy atom. The Morgan fingerprint density at radius 2 is 1.88 bits per heavy atom. The van der Waals surface area contributed by atoms with E-state index in [0.717, 1.165) is 5.56 Å². The molecule has 0 bridgehead atoms. The summed E-state index contributed by atoms with van der Waals surface area (Å²) in [6.45, 7) is 3.66. The molecule has 0 spiro atoms. The van der Waals surface area contributed by atoms with E-state index in [2.05, 4.69) is 15.4 Å². The summed E-state index contributed by atoms with van der Waals surface area (Å²) >= 11 is 0. The fourth-order valence-corrected chi connectivity index (χ4v) is 3.99. The molecule has 164 valence electrons.